The molecule has 0 radical (unpaired) electrons. The number of pyridine rings is 1. The summed E-state index contributed by atoms with van der Waals surface area (Å²) in [6.45, 7) is 5.33. The molecule has 1 heterocycles. The monoisotopic (exact) mass is 476 g/mol. The van der Waals surface area contributed by atoms with Crippen molar-refractivity contribution in [1.82, 2.24) is 4.98 Å². The number of hydrogen-bond acceptors (Lipinski definition) is 5. The maximum Gasteiger partial charge on any atom is 0.325 e. The lowest BCUT2D eigenvalue weighted by atomic mass is 9.60. The topological polar surface area (TPSA) is 74.4 Å². The first-order valence-corrected chi connectivity index (χ1v) is 13.4. The highest BCUT2D eigenvalue weighted by molar-refractivity contribution is 5.80. The Kier molecular flexibility index (Phi) is 6.65. The van der Waals surface area contributed by atoms with Crippen LogP contribution in [0.2, 0.25) is 0 Å². The van der Waals surface area contributed by atoms with E-state index in [1.165, 1.54) is 42.3 Å². The van der Waals surface area contributed by atoms with E-state index in [1.807, 2.05) is 6.20 Å². The first-order valence-electron chi connectivity index (χ1n) is 13.4. The summed E-state index contributed by atoms with van der Waals surface area (Å²) in [6.07, 6.45) is 10.8. The number of esters is 1. The molecule has 3 atom stereocenters. The van der Waals surface area contributed by atoms with Crippen LogP contribution in [0.4, 0.5) is 0 Å². The minimum Gasteiger partial charge on any atom is -0.493 e. The molecule has 1 spiro atoms. The second kappa shape index (κ2) is 9.57. The van der Waals surface area contributed by atoms with Crippen molar-refractivity contribution in [2.45, 2.75) is 88.5 Å². The lowest BCUT2D eigenvalue weighted by molar-refractivity contribution is -0.149. The maximum atomic E-state index is 12.4. The number of rotatable bonds is 6. The van der Waals surface area contributed by atoms with Crippen LogP contribution >= 0.6 is 0 Å². The Bertz CT molecular complexity index is 1070. The van der Waals surface area contributed by atoms with Crippen LogP contribution in [-0.4, -0.2) is 30.2 Å². The molecule has 1 unspecified atom stereocenters. The van der Waals surface area contributed by atoms with E-state index in [1.54, 1.807) is 0 Å². The summed E-state index contributed by atoms with van der Waals surface area (Å²) in [5.74, 6) is 2.23. The summed E-state index contributed by atoms with van der Waals surface area (Å²) in [5.41, 5.74) is 11.2. The van der Waals surface area contributed by atoms with Gasteiger partial charge in [0.1, 0.15) is 11.3 Å². The molecule has 188 valence electrons. The van der Waals surface area contributed by atoms with E-state index < -0.39 is 5.54 Å². The molecule has 0 bridgehead atoms. The summed E-state index contributed by atoms with van der Waals surface area (Å²) < 4.78 is 11.5. The normalized spacial score (nSPS) is 30.4. The fraction of sp³-hybridized carbons (Fsp3) is 0.600. The quantitative estimate of drug-likeness (QED) is 0.559. The molecule has 1 aromatic carbocycles. The third-order valence-corrected chi connectivity index (χ3v) is 9.21. The van der Waals surface area contributed by atoms with Gasteiger partial charge in [-0.2, -0.15) is 0 Å². The number of methoxy groups -OCH3 is 1. The van der Waals surface area contributed by atoms with Gasteiger partial charge in [-0.05, 0) is 98.1 Å². The molecule has 1 saturated carbocycles. The smallest absolute Gasteiger partial charge is 0.325 e. The minimum atomic E-state index is -0.853. The number of aromatic nitrogens is 1. The summed E-state index contributed by atoms with van der Waals surface area (Å²) in [5, 5.41) is 0. The van der Waals surface area contributed by atoms with Gasteiger partial charge < -0.3 is 15.2 Å². The highest BCUT2D eigenvalue weighted by atomic mass is 16.5. The van der Waals surface area contributed by atoms with Crippen molar-refractivity contribution < 1.29 is 14.3 Å². The van der Waals surface area contributed by atoms with Crippen LogP contribution in [0.3, 0.4) is 0 Å². The molecule has 1 fully saturated rings. The molecule has 2 aromatic rings. The molecule has 3 aliphatic carbocycles. The standard InChI is InChI=1S/C30H40N2O3/c1-20(19-35-26-11-16-32-25-10-6-7-21(2)27(25)26)17-23-18-22-8-4-5-9-24(22)29(23)12-14-30(31,15-13-29)28(33)34-3/h4-5,8-9,11,16,20-21,23H,6-7,10,12-15,17-19,31H2,1-3H3/t20-,21-,23?,29?,30?/m1/s1. The van der Waals surface area contributed by atoms with Gasteiger partial charge in [0.15, 0.2) is 0 Å². The van der Waals surface area contributed by atoms with Crippen LogP contribution in [0.5, 0.6) is 5.75 Å². The lowest BCUT2D eigenvalue weighted by Gasteiger charge is -2.46. The Morgan fingerprint density at radius 2 is 1.97 bits per heavy atom. The van der Waals surface area contributed by atoms with Gasteiger partial charge in [0.2, 0.25) is 0 Å². The fourth-order valence-corrected chi connectivity index (χ4v) is 7.26. The van der Waals surface area contributed by atoms with Crippen LogP contribution in [-0.2, 0) is 27.8 Å². The van der Waals surface area contributed by atoms with Crippen molar-refractivity contribution in [3.8, 4) is 5.75 Å². The van der Waals surface area contributed by atoms with Crippen LogP contribution in [0.25, 0.3) is 0 Å². The summed E-state index contributed by atoms with van der Waals surface area (Å²) in [6, 6.07) is 11.0. The van der Waals surface area contributed by atoms with Gasteiger partial charge in [0, 0.05) is 17.5 Å². The number of carbonyl (C=O) groups excluding carboxylic acids is 1. The molecule has 35 heavy (non-hydrogen) atoms. The molecule has 1 aromatic heterocycles. The second-order valence-electron chi connectivity index (χ2n) is 11.5. The second-order valence-corrected chi connectivity index (χ2v) is 11.5. The summed E-state index contributed by atoms with van der Waals surface area (Å²) in [4.78, 5) is 17.0. The largest absolute Gasteiger partial charge is 0.493 e. The van der Waals surface area contributed by atoms with Crippen LogP contribution in [0.15, 0.2) is 36.5 Å². The molecule has 5 rings (SSSR count). The summed E-state index contributed by atoms with van der Waals surface area (Å²) >= 11 is 0. The molecule has 2 N–H and O–H groups in total. The van der Waals surface area contributed by atoms with Crippen molar-refractivity contribution in [3.05, 3.63) is 58.9 Å². The van der Waals surface area contributed by atoms with Crippen molar-refractivity contribution in [1.29, 1.82) is 0 Å². The lowest BCUT2D eigenvalue weighted by Crippen LogP contribution is -2.54. The highest BCUT2D eigenvalue weighted by Gasteiger charge is 2.52. The first kappa shape index (κ1) is 24.3. The molecular formula is C30H40N2O3. The number of benzene rings is 1. The Balaban J connectivity index is 1.30. The van der Waals surface area contributed by atoms with Gasteiger partial charge in [-0.25, -0.2) is 0 Å². The molecule has 0 aliphatic heterocycles. The average Bonchev–Trinajstić information content (AvgIpc) is 3.16. The molecule has 3 aliphatic rings. The number of hydrogen-bond donors (Lipinski definition) is 1. The Labute approximate surface area is 209 Å². The van der Waals surface area contributed by atoms with Crippen molar-refractivity contribution in [3.63, 3.8) is 0 Å². The van der Waals surface area contributed by atoms with Gasteiger partial charge in [0.25, 0.3) is 0 Å². The molecule has 5 nitrogen and oxygen atoms in total. The third kappa shape index (κ3) is 4.37. The van der Waals surface area contributed by atoms with E-state index in [0.29, 0.717) is 30.6 Å². The van der Waals surface area contributed by atoms with E-state index in [0.717, 1.165) is 44.5 Å². The van der Waals surface area contributed by atoms with Crippen LogP contribution < -0.4 is 10.5 Å². The number of nitrogens with two attached hydrogens (primary N) is 1. The third-order valence-electron chi connectivity index (χ3n) is 9.21. The highest BCUT2D eigenvalue weighted by Crippen LogP contribution is 2.55. The van der Waals surface area contributed by atoms with Crippen LogP contribution in [0.1, 0.15) is 87.1 Å². The molecule has 0 amide bonds. The van der Waals surface area contributed by atoms with Crippen molar-refractivity contribution in [2.75, 3.05) is 13.7 Å². The summed E-state index contributed by atoms with van der Waals surface area (Å²) in [7, 11) is 1.44. The zero-order valence-electron chi connectivity index (χ0n) is 21.5. The zero-order valence-corrected chi connectivity index (χ0v) is 21.5. The van der Waals surface area contributed by atoms with Gasteiger partial charge >= 0.3 is 5.97 Å². The van der Waals surface area contributed by atoms with E-state index >= 15 is 0 Å². The molecule has 5 heteroatoms. The number of fused-ring (bicyclic) bond motifs is 3. The Hall–Kier alpha value is -2.40. The van der Waals surface area contributed by atoms with E-state index in [9.17, 15) is 4.79 Å². The SMILES string of the molecule is COC(=O)C1(N)CCC2(CC1)c1ccccc1CC2C[C@@H](C)COc1ccnc2c1[C@H](C)CCC2. The molecular weight excluding hydrogens is 436 g/mol. The van der Waals surface area contributed by atoms with Gasteiger partial charge in [-0.15, -0.1) is 0 Å². The van der Waals surface area contributed by atoms with Gasteiger partial charge in [-0.1, -0.05) is 38.1 Å². The predicted molar refractivity (Wildman–Crippen MR) is 138 cm³/mol. The first-order chi connectivity index (χ1) is 16.9. The predicted octanol–water partition coefficient (Wildman–Crippen LogP) is 5.48. The zero-order chi connectivity index (χ0) is 24.6. The number of ether oxygens (including phenoxy) is 2. The van der Waals surface area contributed by atoms with E-state index in [4.69, 9.17) is 15.2 Å². The Morgan fingerprint density at radius 3 is 2.74 bits per heavy atom. The van der Waals surface area contributed by atoms with E-state index in [-0.39, 0.29) is 11.4 Å². The molecule has 0 saturated heterocycles. The Morgan fingerprint density at radius 1 is 1.20 bits per heavy atom. The fourth-order valence-electron chi connectivity index (χ4n) is 7.26. The van der Waals surface area contributed by atoms with E-state index in [2.05, 4.69) is 49.2 Å². The average molecular weight is 477 g/mol. The van der Waals surface area contributed by atoms with Crippen molar-refractivity contribution in [2.24, 2.45) is 17.6 Å². The van der Waals surface area contributed by atoms with Gasteiger partial charge in [-0.3, -0.25) is 9.78 Å². The maximum absolute atomic E-state index is 12.4. The van der Waals surface area contributed by atoms with Crippen LogP contribution in [0, 0.1) is 11.8 Å². The number of carbonyl (C=O) groups is 1. The minimum absolute atomic E-state index is 0.0894. The number of nitrogens with zero attached hydrogens (tertiary/aromatic N) is 1. The van der Waals surface area contributed by atoms with Gasteiger partial charge in [0.05, 0.1) is 13.7 Å². The van der Waals surface area contributed by atoms with Crippen molar-refractivity contribution >= 4 is 5.97 Å². The number of aryl methyl sites for hydroxylation is 1.